The second-order valence-electron chi connectivity index (χ2n) is 13.1. The number of aromatic nitrogens is 1. The fourth-order valence-corrected chi connectivity index (χ4v) is 7.15. The minimum Gasteiger partial charge on any atom is -0.486 e. The fraction of sp³-hybridized carbons (Fsp3) is 0.378. The van der Waals surface area contributed by atoms with Crippen molar-refractivity contribution in [2.24, 2.45) is 5.92 Å². The molecule has 12 heteroatoms. The second kappa shape index (κ2) is 14.1. The lowest BCUT2D eigenvalue weighted by atomic mass is 9.80. The van der Waals surface area contributed by atoms with Gasteiger partial charge in [-0.3, -0.25) is 9.59 Å². The van der Waals surface area contributed by atoms with Crippen LogP contribution in [-0.2, 0) is 11.4 Å². The van der Waals surface area contributed by atoms with Crippen molar-refractivity contribution >= 4 is 35.0 Å². The molecule has 0 bridgehead atoms. The van der Waals surface area contributed by atoms with E-state index in [0.717, 1.165) is 61.9 Å². The number of hydrogen-bond acceptors (Lipinski definition) is 6. The van der Waals surface area contributed by atoms with Crippen molar-refractivity contribution in [3.05, 3.63) is 105 Å². The quantitative estimate of drug-likeness (QED) is 0.154. The summed E-state index contributed by atoms with van der Waals surface area (Å²) in [6.45, 7) is 3.35. The van der Waals surface area contributed by atoms with Gasteiger partial charge in [-0.05, 0) is 105 Å². The van der Waals surface area contributed by atoms with Crippen LogP contribution < -0.4 is 15.4 Å². The van der Waals surface area contributed by atoms with Crippen molar-refractivity contribution < 1.29 is 27.6 Å². The first-order valence-electron chi connectivity index (χ1n) is 16.6. The Kier molecular flexibility index (Phi) is 9.64. The van der Waals surface area contributed by atoms with Gasteiger partial charge in [-0.25, -0.2) is 8.78 Å². The molecular weight excluding hydrogens is 673 g/mol. The van der Waals surface area contributed by atoms with E-state index in [-0.39, 0.29) is 64.7 Å². The molecule has 7 rings (SSSR count). The number of nitrogens with zero attached hydrogens (tertiary/aromatic N) is 2. The molecule has 1 aromatic heterocycles. The summed E-state index contributed by atoms with van der Waals surface area (Å²) in [5.41, 5.74) is 2.26. The molecule has 0 spiro atoms. The van der Waals surface area contributed by atoms with Gasteiger partial charge >= 0.3 is 0 Å². The van der Waals surface area contributed by atoms with E-state index in [1.807, 2.05) is 42.2 Å². The van der Waals surface area contributed by atoms with Gasteiger partial charge in [0.25, 0.3) is 5.91 Å². The zero-order valence-electron chi connectivity index (χ0n) is 26.9. The van der Waals surface area contributed by atoms with Crippen LogP contribution in [0.2, 0.25) is 10.0 Å². The van der Waals surface area contributed by atoms with E-state index in [4.69, 9.17) is 32.5 Å². The largest absolute Gasteiger partial charge is 0.486 e. The Morgan fingerprint density at radius 2 is 1.78 bits per heavy atom. The highest BCUT2D eigenvalue weighted by Crippen LogP contribution is 2.41. The van der Waals surface area contributed by atoms with Gasteiger partial charge in [0.05, 0.1) is 22.5 Å². The van der Waals surface area contributed by atoms with Gasteiger partial charge in [-0.2, -0.15) is 0 Å². The summed E-state index contributed by atoms with van der Waals surface area (Å²) >= 11 is 12.7. The minimum atomic E-state index is -0.754. The highest BCUT2D eigenvalue weighted by Gasteiger charge is 2.43. The maximum atomic E-state index is 14.4. The van der Waals surface area contributed by atoms with E-state index in [0.29, 0.717) is 28.6 Å². The molecule has 49 heavy (non-hydrogen) atoms. The first kappa shape index (κ1) is 33.5. The van der Waals surface area contributed by atoms with E-state index >= 15 is 0 Å². The standard InChI is InChI=1S/C37H36Cl2F2N4O4/c1-20(28-16-22(4-11-30(28)38)36(46)43-23-5-6-23)45(24-7-8-24)37(47)29-18-42-15-14-27(29)21-2-9-25(10-3-21)48-19-26-17-33(44-49-26)34-31(40)12-13-32(41)35(34)39/h2-4,9-13,16-17,20,23-24,27,29,42H,5-8,14-15,18-19H2,1H3,(H,43,46)/t20?,27-,29+/m1/s1. The van der Waals surface area contributed by atoms with E-state index < -0.39 is 11.6 Å². The Morgan fingerprint density at radius 3 is 2.51 bits per heavy atom. The van der Waals surface area contributed by atoms with Crippen molar-refractivity contribution in [3.63, 3.8) is 0 Å². The van der Waals surface area contributed by atoms with Crippen LogP contribution in [0.4, 0.5) is 8.78 Å². The van der Waals surface area contributed by atoms with Crippen molar-refractivity contribution in [2.75, 3.05) is 13.1 Å². The Balaban J connectivity index is 1.04. The molecule has 2 N–H and O–H groups in total. The van der Waals surface area contributed by atoms with Crippen molar-refractivity contribution in [3.8, 4) is 17.0 Å². The van der Waals surface area contributed by atoms with Gasteiger partial charge in [0.1, 0.15) is 29.7 Å². The Labute approximate surface area is 293 Å². The number of ether oxygens (including phenoxy) is 1. The summed E-state index contributed by atoms with van der Waals surface area (Å²) in [5.74, 6) is -0.915. The average molecular weight is 710 g/mol. The van der Waals surface area contributed by atoms with Gasteiger partial charge in [0, 0.05) is 35.3 Å². The minimum absolute atomic E-state index is 0.00915. The summed E-state index contributed by atoms with van der Waals surface area (Å²) in [4.78, 5) is 29.2. The van der Waals surface area contributed by atoms with Crippen LogP contribution in [0.1, 0.15) is 78.2 Å². The number of halogens is 4. The van der Waals surface area contributed by atoms with Gasteiger partial charge in [-0.1, -0.05) is 40.5 Å². The SMILES string of the molecule is CC(c1cc(C(=O)NC2CC2)ccc1Cl)N(C(=O)[C@H]1CNCC[C@@H]1c1ccc(OCc2cc(-c3c(F)ccc(F)c3Cl)no2)cc1)C1CC1. The lowest BCUT2D eigenvalue weighted by Gasteiger charge is -2.38. The Bertz CT molecular complexity index is 1860. The molecule has 0 radical (unpaired) electrons. The van der Waals surface area contributed by atoms with Gasteiger partial charge in [0.2, 0.25) is 5.91 Å². The summed E-state index contributed by atoms with van der Waals surface area (Å²) in [5, 5.41) is 10.5. The zero-order valence-corrected chi connectivity index (χ0v) is 28.4. The van der Waals surface area contributed by atoms with Crippen molar-refractivity contribution in [1.29, 1.82) is 0 Å². The predicted molar refractivity (Wildman–Crippen MR) is 182 cm³/mol. The molecule has 2 aliphatic carbocycles. The van der Waals surface area contributed by atoms with Crippen molar-refractivity contribution in [2.45, 2.75) is 69.7 Å². The summed E-state index contributed by atoms with van der Waals surface area (Å²) in [6.07, 6.45) is 4.66. The highest BCUT2D eigenvalue weighted by molar-refractivity contribution is 6.33. The number of piperidine rings is 1. The Morgan fingerprint density at radius 1 is 1.02 bits per heavy atom. The average Bonchev–Trinajstić information content (AvgIpc) is 4.06. The first-order valence-corrected chi connectivity index (χ1v) is 17.4. The number of carbonyl (C=O) groups is 2. The second-order valence-corrected chi connectivity index (χ2v) is 13.9. The molecule has 1 unspecified atom stereocenters. The third-order valence-corrected chi connectivity index (χ3v) is 10.3. The monoisotopic (exact) mass is 708 g/mol. The molecule has 3 atom stereocenters. The summed E-state index contributed by atoms with van der Waals surface area (Å²) in [7, 11) is 0. The number of carbonyl (C=O) groups excluding carboxylic acids is 2. The lowest BCUT2D eigenvalue weighted by molar-refractivity contribution is -0.139. The molecule has 256 valence electrons. The van der Waals surface area contributed by atoms with Crippen molar-refractivity contribution in [1.82, 2.24) is 20.7 Å². The van der Waals surface area contributed by atoms with E-state index in [2.05, 4.69) is 15.8 Å². The van der Waals surface area contributed by atoms with Crippen LogP contribution in [0.3, 0.4) is 0 Å². The molecule has 8 nitrogen and oxygen atoms in total. The van der Waals surface area contributed by atoms with Gasteiger partial charge in [0.15, 0.2) is 5.76 Å². The third-order valence-electron chi connectivity index (χ3n) is 9.58. The predicted octanol–water partition coefficient (Wildman–Crippen LogP) is 7.84. The Hall–Kier alpha value is -3.99. The number of benzene rings is 3. The number of amides is 2. The normalized spacial score (nSPS) is 19.7. The van der Waals surface area contributed by atoms with E-state index in [1.54, 1.807) is 12.1 Å². The van der Waals surface area contributed by atoms with Crippen LogP contribution in [0, 0.1) is 17.6 Å². The lowest BCUT2D eigenvalue weighted by Crippen LogP contribution is -2.48. The van der Waals surface area contributed by atoms with Crippen LogP contribution >= 0.6 is 23.2 Å². The summed E-state index contributed by atoms with van der Waals surface area (Å²) in [6, 6.07) is 16.4. The molecular formula is C37H36Cl2F2N4O4. The molecule has 4 aromatic rings. The van der Waals surface area contributed by atoms with Crippen LogP contribution in [0.5, 0.6) is 5.75 Å². The summed E-state index contributed by atoms with van der Waals surface area (Å²) < 4.78 is 39.4. The molecule has 3 fully saturated rings. The van der Waals surface area contributed by atoms with Crippen LogP contribution in [0.25, 0.3) is 11.3 Å². The molecule has 2 heterocycles. The fourth-order valence-electron chi connectivity index (χ4n) is 6.63. The molecule has 2 saturated carbocycles. The van der Waals surface area contributed by atoms with Crippen LogP contribution in [0.15, 0.2) is 65.2 Å². The third kappa shape index (κ3) is 7.32. The molecule has 3 aromatic carbocycles. The highest BCUT2D eigenvalue weighted by atomic mass is 35.5. The molecule has 3 aliphatic rings. The van der Waals surface area contributed by atoms with Gasteiger partial charge < -0.3 is 24.8 Å². The molecule has 2 amide bonds. The maximum absolute atomic E-state index is 14.4. The molecule has 1 saturated heterocycles. The maximum Gasteiger partial charge on any atom is 0.251 e. The van der Waals surface area contributed by atoms with E-state index in [1.165, 1.54) is 6.07 Å². The smallest absolute Gasteiger partial charge is 0.251 e. The molecule has 1 aliphatic heterocycles. The number of hydrogen-bond donors (Lipinski definition) is 2. The number of nitrogens with one attached hydrogen (secondary N) is 2. The number of rotatable bonds is 11. The van der Waals surface area contributed by atoms with Gasteiger partial charge in [-0.15, -0.1) is 0 Å². The van der Waals surface area contributed by atoms with E-state index in [9.17, 15) is 18.4 Å². The van der Waals surface area contributed by atoms with Crippen LogP contribution in [-0.4, -0.2) is 47.0 Å². The topological polar surface area (TPSA) is 96.7 Å². The first-order chi connectivity index (χ1) is 23.7. The zero-order chi connectivity index (χ0) is 34.2.